The topological polar surface area (TPSA) is 66.3 Å². The SMILES string of the molecule is CCCN(C)c1ccc(C(=O)O)nn1. The largest absolute Gasteiger partial charge is 0.476 e. The van der Waals surface area contributed by atoms with Crippen LogP contribution in [-0.4, -0.2) is 34.9 Å². The molecule has 0 spiro atoms. The molecule has 5 nitrogen and oxygen atoms in total. The third kappa shape index (κ3) is 2.42. The maximum Gasteiger partial charge on any atom is 0.356 e. The standard InChI is InChI=1S/C9H13N3O2/c1-3-6-12(2)8-5-4-7(9(13)14)10-11-8/h4-5H,3,6H2,1-2H3,(H,13,14). The van der Waals surface area contributed by atoms with Crippen molar-refractivity contribution in [1.82, 2.24) is 10.2 Å². The Morgan fingerprint density at radius 2 is 2.21 bits per heavy atom. The van der Waals surface area contributed by atoms with Gasteiger partial charge in [-0.05, 0) is 18.6 Å². The number of rotatable bonds is 4. The van der Waals surface area contributed by atoms with Crippen LogP contribution in [0.4, 0.5) is 5.82 Å². The van der Waals surface area contributed by atoms with Crippen molar-refractivity contribution in [3.05, 3.63) is 17.8 Å². The highest BCUT2D eigenvalue weighted by molar-refractivity contribution is 5.85. The number of anilines is 1. The third-order valence-corrected chi connectivity index (χ3v) is 1.82. The summed E-state index contributed by atoms with van der Waals surface area (Å²) in [6, 6.07) is 3.11. The van der Waals surface area contributed by atoms with E-state index in [1.165, 1.54) is 6.07 Å². The molecule has 1 rings (SSSR count). The van der Waals surface area contributed by atoms with Gasteiger partial charge in [0.05, 0.1) is 0 Å². The number of aromatic carboxylic acids is 1. The van der Waals surface area contributed by atoms with Crippen LogP contribution >= 0.6 is 0 Å². The lowest BCUT2D eigenvalue weighted by atomic mass is 10.3. The maximum absolute atomic E-state index is 10.5. The first kappa shape index (κ1) is 10.4. The quantitative estimate of drug-likeness (QED) is 0.777. The predicted octanol–water partition coefficient (Wildman–Crippen LogP) is 1.02. The van der Waals surface area contributed by atoms with Crippen molar-refractivity contribution in [2.75, 3.05) is 18.5 Å². The Morgan fingerprint density at radius 1 is 1.50 bits per heavy atom. The number of hydrogen-bond acceptors (Lipinski definition) is 4. The van der Waals surface area contributed by atoms with Crippen molar-refractivity contribution in [3.8, 4) is 0 Å². The van der Waals surface area contributed by atoms with Gasteiger partial charge in [-0.1, -0.05) is 6.92 Å². The smallest absolute Gasteiger partial charge is 0.356 e. The summed E-state index contributed by atoms with van der Waals surface area (Å²) < 4.78 is 0. The van der Waals surface area contributed by atoms with Gasteiger partial charge in [0.15, 0.2) is 11.5 Å². The van der Waals surface area contributed by atoms with E-state index in [-0.39, 0.29) is 5.69 Å². The van der Waals surface area contributed by atoms with Crippen molar-refractivity contribution < 1.29 is 9.90 Å². The average molecular weight is 195 g/mol. The molecule has 0 aliphatic carbocycles. The van der Waals surface area contributed by atoms with E-state index in [4.69, 9.17) is 5.11 Å². The van der Waals surface area contributed by atoms with Crippen LogP contribution in [0.1, 0.15) is 23.8 Å². The molecule has 0 amide bonds. The normalized spacial score (nSPS) is 9.86. The number of carboxylic acids is 1. The zero-order valence-corrected chi connectivity index (χ0v) is 8.27. The number of carboxylic acid groups (broad SMARTS) is 1. The molecule has 0 fully saturated rings. The highest BCUT2D eigenvalue weighted by Crippen LogP contribution is 2.07. The molecule has 0 aromatic carbocycles. The lowest BCUT2D eigenvalue weighted by Gasteiger charge is -2.15. The molecule has 5 heteroatoms. The minimum atomic E-state index is -1.05. The summed E-state index contributed by atoms with van der Waals surface area (Å²) in [5.41, 5.74) is -0.0290. The highest BCUT2D eigenvalue weighted by Gasteiger charge is 2.06. The van der Waals surface area contributed by atoms with Gasteiger partial charge in [-0.15, -0.1) is 10.2 Å². The highest BCUT2D eigenvalue weighted by atomic mass is 16.4. The maximum atomic E-state index is 10.5. The number of nitrogens with zero attached hydrogens (tertiary/aromatic N) is 3. The molecule has 0 unspecified atom stereocenters. The first-order valence-corrected chi connectivity index (χ1v) is 4.43. The van der Waals surface area contributed by atoms with E-state index in [1.807, 2.05) is 11.9 Å². The van der Waals surface area contributed by atoms with Crippen molar-refractivity contribution >= 4 is 11.8 Å². The summed E-state index contributed by atoms with van der Waals surface area (Å²) in [6.45, 7) is 2.94. The summed E-state index contributed by atoms with van der Waals surface area (Å²) in [7, 11) is 1.90. The Bertz CT molecular complexity index is 310. The average Bonchev–Trinajstić information content (AvgIpc) is 2.18. The Hall–Kier alpha value is -1.65. The van der Waals surface area contributed by atoms with Gasteiger partial charge in [0.25, 0.3) is 0 Å². The van der Waals surface area contributed by atoms with E-state index in [0.717, 1.165) is 13.0 Å². The molecule has 0 atom stereocenters. The zero-order valence-electron chi connectivity index (χ0n) is 8.27. The molecule has 1 N–H and O–H groups in total. The van der Waals surface area contributed by atoms with E-state index < -0.39 is 5.97 Å². The molecule has 0 radical (unpaired) electrons. The predicted molar refractivity (Wildman–Crippen MR) is 52.6 cm³/mol. The van der Waals surface area contributed by atoms with Gasteiger partial charge in [-0.2, -0.15) is 0 Å². The molecule has 0 aliphatic heterocycles. The molecule has 0 bridgehead atoms. The fourth-order valence-corrected chi connectivity index (χ4v) is 1.09. The second-order valence-corrected chi connectivity index (χ2v) is 3.00. The summed E-state index contributed by atoms with van der Waals surface area (Å²) in [5.74, 6) is -0.362. The number of hydrogen-bond donors (Lipinski definition) is 1. The first-order valence-electron chi connectivity index (χ1n) is 4.43. The van der Waals surface area contributed by atoms with Crippen LogP contribution in [0.15, 0.2) is 12.1 Å². The lowest BCUT2D eigenvalue weighted by molar-refractivity contribution is 0.0689. The second-order valence-electron chi connectivity index (χ2n) is 3.00. The fraction of sp³-hybridized carbons (Fsp3) is 0.444. The minimum Gasteiger partial charge on any atom is -0.476 e. The van der Waals surface area contributed by atoms with Crippen LogP contribution in [0.2, 0.25) is 0 Å². The van der Waals surface area contributed by atoms with Gasteiger partial charge in [0.1, 0.15) is 0 Å². The van der Waals surface area contributed by atoms with Crippen LogP contribution in [0.3, 0.4) is 0 Å². The summed E-state index contributed by atoms with van der Waals surface area (Å²) in [6.07, 6.45) is 1.01. The van der Waals surface area contributed by atoms with E-state index in [0.29, 0.717) is 5.82 Å². The molecule has 1 aromatic heterocycles. The zero-order chi connectivity index (χ0) is 10.6. The third-order valence-electron chi connectivity index (χ3n) is 1.82. The second kappa shape index (κ2) is 4.55. The van der Waals surface area contributed by atoms with Gasteiger partial charge in [-0.25, -0.2) is 4.79 Å². The van der Waals surface area contributed by atoms with Crippen molar-refractivity contribution in [3.63, 3.8) is 0 Å². The summed E-state index contributed by atoms with van der Waals surface area (Å²) >= 11 is 0. The Kier molecular flexibility index (Phi) is 3.39. The van der Waals surface area contributed by atoms with Gasteiger partial charge in [0.2, 0.25) is 0 Å². The first-order chi connectivity index (χ1) is 6.65. The Labute approximate surface area is 82.4 Å². The van der Waals surface area contributed by atoms with E-state index in [1.54, 1.807) is 6.07 Å². The van der Waals surface area contributed by atoms with E-state index in [2.05, 4.69) is 17.1 Å². The van der Waals surface area contributed by atoms with Gasteiger partial charge >= 0.3 is 5.97 Å². The fourth-order valence-electron chi connectivity index (χ4n) is 1.09. The van der Waals surface area contributed by atoms with Crippen LogP contribution in [0.5, 0.6) is 0 Å². The summed E-state index contributed by atoms with van der Waals surface area (Å²) in [4.78, 5) is 12.4. The molecule has 1 aromatic rings. The van der Waals surface area contributed by atoms with Crippen LogP contribution in [0.25, 0.3) is 0 Å². The van der Waals surface area contributed by atoms with Gasteiger partial charge in [-0.3, -0.25) is 0 Å². The lowest BCUT2D eigenvalue weighted by Crippen LogP contribution is -2.19. The molecule has 0 saturated carbocycles. The molecular formula is C9H13N3O2. The Morgan fingerprint density at radius 3 is 2.64 bits per heavy atom. The monoisotopic (exact) mass is 195 g/mol. The Balaban J connectivity index is 2.77. The molecule has 0 aliphatic rings. The van der Waals surface area contributed by atoms with Crippen molar-refractivity contribution in [1.29, 1.82) is 0 Å². The van der Waals surface area contributed by atoms with E-state index >= 15 is 0 Å². The molecular weight excluding hydrogens is 182 g/mol. The molecule has 1 heterocycles. The van der Waals surface area contributed by atoms with Gasteiger partial charge < -0.3 is 10.0 Å². The minimum absolute atomic E-state index is 0.0290. The molecule has 76 valence electrons. The van der Waals surface area contributed by atoms with Crippen LogP contribution in [-0.2, 0) is 0 Å². The summed E-state index contributed by atoms with van der Waals surface area (Å²) in [5, 5.41) is 16.0. The molecule has 0 saturated heterocycles. The van der Waals surface area contributed by atoms with Crippen molar-refractivity contribution in [2.45, 2.75) is 13.3 Å². The van der Waals surface area contributed by atoms with Crippen LogP contribution < -0.4 is 4.90 Å². The molecule has 14 heavy (non-hydrogen) atoms. The number of carbonyl (C=O) groups is 1. The van der Waals surface area contributed by atoms with Crippen LogP contribution in [0, 0.1) is 0 Å². The van der Waals surface area contributed by atoms with E-state index in [9.17, 15) is 4.79 Å². The number of aromatic nitrogens is 2. The van der Waals surface area contributed by atoms with Crippen molar-refractivity contribution in [2.24, 2.45) is 0 Å². The van der Waals surface area contributed by atoms with Gasteiger partial charge in [0, 0.05) is 13.6 Å².